The van der Waals surface area contributed by atoms with E-state index >= 15 is 0 Å². The molecule has 1 fully saturated rings. The Morgan fingerprint density at radius 2 is 2.00 bits per heavy atom. The second-order valence-electron chi connectivity index (χ2n) is 3.67. The minimum Gasteiger partial charge on any atom is -0.307 e. The molecule has 4 nitrogen and oxygen atoms in total. The van der Waals surface area contributed by atoms with E-state index in [9.17, 15) is 4.21 Å². The van der Waals surface area contributed by atoms with E-state index in [0.717, 1.165) is 30.2 Å². The standard InChI is InChI=1S/C10H15N3OS/c14-15-6-2-9(3-7-15)13-8-10-11-4-1-5-12-10/h1,4-5,9,13H,2-3,6-8H2. The number of nitrogens with zero attached hydrogens (tertiary/aromatic N) is 2. The van der Waals surface area contributed by atoms with Gasteiger partial charge in [0.1, 0.15) is 5.82 Å². The largest absolute Gasteiger partial charge is 0.307 e. The van der Waals surface area contributed by atoms with Crippen molar-refractivity contribution in [2.24, 2.45) is 0 Å². The number of aromatic nitrogens is 2. The van der Waals surface area contributed by atoms with Gasteiger partial charge in [-0.2, -0.15) is 0 Å². The van der Waals surface area contributed by atoms with Crippen LogP contribution in [0, 0.1) is 0 Å². The van der Waals surface area contributed by atoms with Gasteiger partial charge < -0.3 is 5.32 Å². The first-order valence-electron chi connectivity index (χ1n) is 5.19. The zero-order valence-corrected chi connectivity index (χ0v) is 9.37. The maximum Gasteiger partial charge on any atom is 0.141 e. The fraction of sp³-hybridized carbons (Fsp3) is 0.600. The molecule has 0 amide bonds. The topological polar surface area (TPSA) is 54.9 Å². The summed E-state index contributed by atoms with van der Waals surface area (Å²) in [5, 5.41) is 3.40. The van der Waals surface area contributed by atoms with Crippen LogP contribution in [-0.4, -0.2) is 31.7 Å². The highest BCUT2D eigenvalue weighted by Gasteiger charge is 2.17. The summed E-state index contributed by atoms with van der Waals surface area (Å²) in [6.07, 6.45) is 5.50. The van der Waals surface area contributed by atoms with Gasteiger partial charge in [0.15, 0.2) is 0 Å². The van der Waals surface area contributed by atoms with E-state index < -0.39 is 10.8 Å². The highest BCUT2D eigenvalue weighted by Crippen LogP contribution is 2.09. The third-order valence-corrected chi connectivity index (χ3v) is 3.94. The summed E-state index contributed by atoms with van der Waals surface area (Å²) in [5.74, 6) is 2.48. The van der Waals surface area contributed by atoms with Gasteiger partial charge in [0.05, 0.1) is 6.54 Å². The first-order valence-corrected chi connectivity index (χ1v) is 6.67. The fourth-order valence-corrected chi connectivity index (χ4v) is 2.95. The van der Waals surface area contributed by atoms with Crippen molar-refractivity contribution in [3.8, 4) is 0 Å². The van der Waals surface area contributed by atoms with Crippen LogP contribution in [0.25, 0.3) is 0 Å². The average molecular weight is 225 g/mol. The van der Waals surface area contributed by atoms with Gasteiger partial charge in [-0.3, -0.25) is 4.21 Å². The van der Waals surface area contributed by atoms with E-state index in [2.05, 4.69) is 15.3 Å². The normalized spacial score (nSPS) is 26.4. The lowest BCUT2D eigenvalue weighted by molar-refractivity contribution is 0.468. The first kappa shape index (κ1) is 10.7. The van der Waals surface area contributed by atoms with Crippen molar-refractivity contribution in [3.05, 3.63) is 24.3 Å². The Bertz CT molecular complexity index is 321. The smallest absolute Gasteiger partial charge is 0.141 e. The highest BCUT2D eigenvalue weighted by atomic mass is 32.2. The molecule has 0 spiro atoms. The summed E-state index contributed by atoms with van der Waals surface area (Å²) in [7, 11) is -0.580. The Labute approximate surface area is 92.0 Å². The molecule has 0 bridgehead atoms. The number of nitrogens with one attached hydrogen (secondary N) is 1. The van der Waals surface area contributed by atoms with E-state index in [4.69, 9.17) is 0 Å². The summed E-state index contributed by atoms with van der Waals surface area (Å²) in [6, 6.07) is 2.29. The SMILES string of the molecule is O=S1CCC(NCc2ncccn2)CC1. The molecule has 1 aliphatic heterocycles. The van der Waals surface area contributed by atoms with E-state index in [0.29, 0.717) is 12.6 Å². The Balaban J connectivity index is 1.77. The first-order chi connectivity index (χ1) is 7.34. The monoisotopic (exact) mass is 225 g/mol. The summed E-state index contributed by atoms with van der Waals surface area (Å²) in [4.78, 5) is 8.29. The van der Waals surface area contributed by atoms with Gasteiger partial charge in [0.2, 0.25) is 0 Å². The molecule has 5 heteroatoms. The lowest BCUT2D eigenvalue weighted by Crippen LogP contribution is -2.35. The van der Waals surface area contributed by atoms with Crippen LogP contribution in [0.3, 0.4) is 0 Å². The van der Waals surface area contributed by atoms with Gasteiger partial charge in [-0.1, -0.05) is 0 Å². The molecular formula is C10H15N3OS. The molecule has 1 aliphatic rings. The quantitative estimate of drug-likeness (QED) is 0.813. The van der Waals surface area contributed by atoms with Crippen LogP contribution in [0.4, 0.5) is 0 Å². The third kappa shape index (κ3) is 3.35. The van der Waals surface area contributed by atoms with Crippen molar-refractivity contribution in [3.63, 3.8) is 0 Å². The molecule has 0 radical (unpaired) electrons. The maximum atomic E-state index is 11.1. The van der Waals surface area contributed by atoms with Gasteiger partial charge in [-0.25, -0.2) is 9.97 Å². The predicted octanol–water partition coefficient (Wildman–Crippen LogP) is 0.477. The summed E-state index contributed by atoms with van der Waals surface area (Å²) >= 11 is 0. The Morgan fingerprint density at radius 3 is 2.67 bits per heavy atom. The second kappa shape index (κ2) is 5.32. The van der Waals surface area contributed by atoms with Gasteiger partial charge >= 0.3 is 0 Å². The summed E-state index contributed by atoms with van der Waals surface area (Å²) < 4.78 is 11.1. The molecule has 15 heavy (non-hydrogen) atoms. The maximum absolute atomic E-state index is 11.1. The lowest BCUT2D eigenvalue weighted by atomic mass is 10.1. The minimum absolute atomic E-state index is 0.478. The van der Waals surface area contributed by atoms with Crippen LogP contribution in [0.1, 0.15) is 18.7 Å². The fourth-order valence-electron chi connectivity index (χ4n) is 1.65. The Morgan fingerprint density at radius 1 is 1.33 bits per heavy atom. The van der Waals surface area contributed by atoms with Crippen molar-refractivity contribution in [1.29, 1.82) is 0 Å². The van der Waals surface area contributed by atoms with Crippen molar-refractivity contribution in [2.75, 3.05) is 11.5 Å². The number of rotatable bonds is 3. The van der Waals surface area contributed by atoms with Crippen LogP contribution < -0.4 is 5.32 Å². The van der Waals surface area contributed by atoms with E-state index in [1.165, 1.54) is 0 Å². The van der Waals surface area contributed by atoms with Crippen LogP contribution in [0.2, 0.25) is 0 Å². The molecule has 2 heterocycles. The highest BCUT2D eigenvalue weighted by molar-refractivity contribution is 7.85. The minimum atomic E-state index is -0.580. The predicted molar refractivity (Wildman–Crippen MR) is 59.8 cm³/mol. The molecule has 1 aromatic heterocycles. The molecule has 1 aromatic rings. The summed E-state index contributed by atoms with van der Waals surface area (Å²) in [5.41, 5.74) is 0. The lowest BCUT2D eigenvalue weighted by Gasteiger charge is -2.22. The molecule has 2 rings (SSSR count). The van der Waals surface area contributed by atoms with Crippen molar-refractivity contribution < 1.29 is 4.21 Å². The molecule has 0 saturated carbocycles. The van der Waals surface area contributed by atoms with Crippen LogP contribution in [-0.2, 0) is 17.3 Å². The molecular weight excluding hydrogens is 210 g/mol. The van der Waals surface area contributed by atoms with Crippen LogP contribution in [0.5, 0.6) is 0 Å². The van der Waals surface area contributed by atoms with E-state index in [-0.39, 0.29) is 0 Å². The molecule has 0 aliphatic carbocycles. The van der Waals surface area contributed by atoms with Crippen molar-refractivity contribution in [2.45, 2.75) is 25.4 Å². The molecule has 1 saturated heterocycles. The summed E-state index contributed by atoms with van der Waals surface area (Å²) in [6.45, 7) is 0.706. The molecule has 1 N–H and O–H groups in total. The number of hydrogen-bond donors (Lipinski definition) is 1. The molecule has 82 valence electrons. The van der Waals surface area contributed by atoms with E-state index in [1.807, 2.05) is 6.07 Å². The average Bonchev–Trinajstić information content (AvgIpc) is 2.30. The molecule has 0 unspecified atom stereocenters. The van der Waals surface area contributed by atoms with Crippen LogP contribution in [0.15, 0.2) is 18.5 Å². The Kier molecular flexibility index (Phi) is 3.80. The van der Waals surface area contributed by atoms with Crippen molar-refractivity contribution in [1.82, 2.24) is 15.3 Å². The Hall–Kier alpha value is -0.810. The third-order valence-electron chi connectivity index (χ3n) is 2.56. The number of hydrogen-bond acceptors (Lipinski definition) is 4. The zero-order chi connectivity index (χ0) is 10.5. The molecule has 0 atom stereocenters. The molecule has 0 aromatic carbocycles. The van der Waals surface area contributed by atoms with Gasteiger partial charge in [0.25, 0.3) is 0 Å². The van der Waals surface area contributed by atoms with Crippen molar-refractivity contribution >= 4 is 10.8 Å². The van der Waals surface area contributed by atoms with E-state index in [1.54, 1.807) is 12.4 Å². The van der Waals surface area contributed by atoms with Gasteiger partial charge in [0, 0.05) is 40.7 Å². The van der Waals surface area contributed by atoms with Crippen LogP contribution >= 0.6 is 0 Å². The zero-order valence-electron chi connectivity index (χ0n) is 8.56. The van der Waals surface area contributed by atoms with Gasteiger partial charge in [-0.15, -0.1) is 0 Å². The second-order valence-corrected chi connectivity index (χ2v) is 5.36. The van der Waals surface area contributed by atoms with Gasteiger partial charge in [-0.05, 0) is 18.9 Å².